The van der Waals surface area contributed by atoms with E-state index in [1.54, 1.807) is 18.8 Å². The summed E-state index contributed by atoms with van der Waals surface area (Å²) in [5.74, 6) is -0.125. The minimum Gasteiger partial charge on any atom is -0.349 e. The van der Waals surface area contributed by atoms with Crippen molar-refractivity contribution < 1.29 is 13.9 Å². The van der Waals surface area contributed by atoms with Gasteiger partial charge in [-0.3, -0.25) is 9.36 Å². The van der Waals surface area contributed by atoms with Crippen molar-refractivity contribution in [3.05, 3.63) is 58.1 Å². The fraction of sp³-hybridized carbons (Fsp3) is 0.350. The van der Waals surface area contributed by atoms with Crippen molar-refractivity contribution in [2.45, 2.75) is 18.9 Å². The van der Waals surface area contributed by atoms with Crippen LogP contribution in [0.2, 0.25) is 10.0 Å². The van der Waals surface area contributed by atoms with E-state index in [1.807, 2.05) is 35.0 Å². The number of piperidine rings is 1. The van der Waals surface area contributed by atoms with Gasteiger partial charge in [0, 0.05) is 48.5 Å². The number of carbonyl (C=O) groups is 1. The molecule has 2 aromatic rings. The maximum Gasteiger partial charge on any atom is 0.269 e. The molecule has 0 spiro atoms. The summed E-state index contributed by atoms with van der Waals surface area (Å²) in [5, 5.41) is 4.18. The van der Waals surface area contributed by atoms with Gasteiger partial charge in [0.25, 0.3) is 13.4 Å². The molecule has 1 aliphatic rings. The summed E-state index contributed by atoms with van der Waals surface area (Å²) in [4.78, 5) is 12.7. The van der Waals surface area contributed by atoms with E-state index >= 15 is 0 Å². The third-order valence-electron chi connectivity index (χ3n) is 4.98. The van der Waals surface area contributed by atoms with Crippen molar-refractivity contribution in [1.82, 2.24) is 9.99 Å². The summed E-state index contributed by atoms with van der Waals surface area (Å²) < 4.78 is 19.3. The van der Waals surface area contributed by atoms with E-state index < -0.39 is 7.52 Å². The summed E-state index contributed by atoms with van der Waals surface area (Å²) in [5.41, 5.74) is 2.31. The molecular formula is C20H23Cl2N2O3P. The molecule has 1 amide bonds. The van der Waals surface area contributed by atoms with E-state index in [0.717, 1.165) is 24.0 Å². The lowest BCUT2D eigenvalue weighted by molar-refractivity contribution is 0.0922. The molecule has 150 valence electrons. The third kappa shape index (κ3) is 5.16. The summed E-state index contributed by atoms with van der Waals surface area (Å²) >= 11 is 12.2. The van der Waals surface area contributed by atoms with Gasteiger partial charge in [-0.2, -0.15) is 0 Å². The van der Waals surface area contributed by atoms with Crippen LogP contribution < -0.4 is 5.32 Å². The van der Waals surface area contributed by atoms with Gasteiger partial charge in [0.15, 0.2) is 0 Å². The molecule has 1 atom stereocenters. The van der Waals surface area contributed by atoms with Gasteiger partial charge in [-0.1, -0.05) is 35.3 Å². The average molecular weight is 441 g/mol. The summed E-state index contributed by atoms with van der Waals surface area (Å²) in [6.07, 6.45) is 1.47. The lowest BCUT2D eigenvalue weighted by Gasteiger charge is -2.34. The van der Waals surface area contributed by atoms with Crippen LogP contribution in [-0.4, -0.2) is 43.5 Å². The van der Waals surface area contributed by atoms with E-state index in [-0.39, 0.29) is 11.9 Å². The largest absolute Gasteiger partial charge is 0.349 e. The first-order valence-electron chi connectivity index (χ1n) is 9.04. The number of benzene rings is 2. The highest BCUT2D eigenvalue weighted by molar-refractivity contribution is 7.55. The van der Waals surface area contributed by atoms with E-state index in [0.29, 0.717) is 28.7 Å². The number of carbonyl (C=O) groups excluding carboxylic acids is 1. The Morgan fingerprint density at radius 1 is 1.11 bits per heavy atom. The van der Waals surface area contributed by atoms with Crippen LogP contribution in [0.4, 0.5) is 0 Å². The van der Waals surface area contributed by atoms with Crippen molar-refractivity contribution >= 4 is 36.6 Å². The average Bonchev–Trinajstić information content (AvgIpc) is 2.68. The standard InChI is InChI=1S/C20H23Cl2N2O3P/c1-27-28(2,26)24-8-6-19(7-9-24)23-20(25)15-5-3-4-14(10-15)16-11-17(21)13-18(22)12-16/h3-5,10-13,19H,6-9H2,1-2H3,(H,23,25). The first-order valence-corrected chi connectivity index (χ1v) is 11.8. The topological polar surface area (TPSA) is 58.6 Å². The molecule has 8 heteroatoms. The van der Waals surface area contributed by atoms with Gasteiger partial charge in [0.1, 0.15) is 0 Å². The molecule has 0 bridgehead atoms. The zero-order valence-corrected chi connectivity index (χ0v) is 18.2. The second-order valence-electron chi connectivity index (χ2n) is 6.93. The highest BCUT2D eigenvalue weighted by Gasteiger charge is 2.30. The molecule has 1 unspecified atom stereocenters. The summed E-state index contributed by atoms with van der Waals surface area (Å²) in [6.45, 7) is 2.89. The molecule has 1 N–H and O–H groups in total. The Hall–Kier alpha value is -1.36. The quantitative estimate of drug-likeness (QED) is 0.638. The molecular weight excluding hydrogens is 418 g/mol. The number of rotatable bonds is 5. The molecule has 1 heterocycles. The predicted octanol–water partition coefficient (Wildman–Crippen LogP) is 5.32. The van der Waals surface area contributed by atoms with Crippen LogP contribution in [0.25, 0.3) is 11.1 Å². The molecule has 0 aliphatic carbocycles. The van der Waals surface area contributed by atoms with Crippen molar-refractivity contribution in [2.75, 3.05) is 26.9 Å². The number of nitrogens with zero attached hydrogens (tertiary/aromatic N) is 1. The monoisotopic (exact) mass is 440 g/mol. The van der Waals surface area contributed by atoms with Crippen molar-refractivity contribution in [3.63, 3.8) is 0 Å². The molecule has 0 aromatic heterocycles. The smallest absolute Gasteiger partial charge is 0.269 e. The Balaban J connectivity index is 1.67. The number of amides is 1. The lowest BCUT2D eigenvalue weighted by atomic mass is 10.0. The van der Waals surface area contributed by atoms with Crippen LogP contribution in [0.1, 0.15) is 23.2 Å². The van der Waals surface area contributed by atoms with Gasteiger partial charge in [-0.25, -0.2) is 4.67 Å². The van der Waals surface area contributed by atoms with Crippen LogP contribution in [0, 0.1) is 0 Å². The minimum absolute atomic E-state index is 0.0462. The second-order valence-corrected chi connectivity index (χ2v) is 10.3. The van der Waals surface area contributed by atoms with Crippen LogP contribution in [0.5, 0.6) is 0 Å². The van der Waals surface area contributed by atoms with Gasteiger partial charge in [0.05, 0.1) is 0 Å². The zero-order chi connectivity index (χ0) is 20.3. The highest BCUT2D eigenvalue weighted by atomic mass is 35.5. The molecule has 5 nitrogen and oxygen atoms in total. The third-order valence-corrected chi connectivity index (χ3v) is 7.52. The molecule has 0 radical (unpaired) electrons. The van der Waals surface area contributed by atoms with E-state index in [4.69, 9.17) is 27.7 Å². The maximum atomic E-state index is 12.7. The fourth-order valence-corrected chi connectivity index (χ4v) is 5.03. The molecule has 3 rings (SSSR count). The number of hydrogen-bond acceptors (Lipinski definition) is 3. The molecule has 1 saturated heterocycles. The molecule has 1 aliphatic heterocycles. The van der Waals surface area contributed by atoms with Crippen molar-refractivity contribution in [1.29, 1.82) is 0 Å². The second kappa shape index (κ2) is 8.98. The van der Waals surface area contributed by atoms with Crippen LogP contribution >= 0.6 is 30.7 Å². The first-order chi connectivity index (χ1) is 13.3. The normalized spacial score (nSPS) is 17.9. The minimum atomic E-state index is -2.72. The fourth-order valence-electron chi connectivity index (χ4n) is 3.32. The van der Waals surface area contributed by atoms with E-state index in [1.165, 1.54) is 7.11 Å². The summed E-state index contributed by atoms with van der Waals surface area (Å²) in [7, 11) is -1.25. The first kappa shape index (κ1) is 21.4. The highest BCUT2D eigenvalue weighted by Crippen LogP contribution is 2.47. The van der Waals surface area contributed by atoms with Gasteiger partial charge in [-0.05, 0) is 54.3 Å². The number of hydrogen-bond donors (Lipinski definition) is 1. The SMILES string of the molecule is COP(C)(=O)N1CCC(NC(=O)c2cccc(-c3cc(Cl)cc(Cl)c3)c2)CC1. The Kier molecular flexibility index (Phi) is 6.85. The van der Waals surface area contributed by atoms with E-state index in [2.05, 4.69) is 5.32 Å². The van der Waals surface area contributed by atoms with Gasteiger partial charge >= 0.3 is 0 Å². The van der Waals surface area contributed by atoms with Crippen LogP contribution in [0.15, 0.2) is 42.5 Å². The zero-order valence-electron chi connectivity index (χ0n) is 15.8. The van der Waals surface area contributed by atoms with Gasteiger partial charge in [-0.15, -0.1) is 0 Å². The molecule has 28 heavy (non-hydrogen) atoms. The molecule has 0 saturated carbocycles. The maximum absolute atomic E-state index is 12.7. The Morgan fingerprint density at radius 2 is 1.75 bits per heavy atom. The Bertz CT molecular complexity index is 894. The molecule has 2 aromatic carbocycles. The Morgan fingerprint density at radius 3 is 2.36 bits per heavy atom. The van der Waals surface area contributed by atoms with Crippen molar-refractivity contribution in [3.8, 4) is 11.1 Å². The van der Waals surface area contributed by atoms with Crippen LogP contribution in [0.3, 0.4) is 0 Å². The molecule has 1 fully saturated rings. The predicted molar refractivity (Wildman–Crippen MR) is 114 cm³/mol. The lowest BCUT2D eigenvalue weighted by Crippen LogP contribution is -2.43. The summed E-state index contributed by atoms with van der Waals surface area (Å²) in [6, 6.07) is 12.7. The number of halogens is 2. The Labute approximate surface area is 175 Å². The van der Waals surface area contributed by atoms with Crippen LogP contribution in [-0.2, 0) is 9.09 Å². The van der Waals surface area contributed by atoms with Gasteiger partial charge < -0.3 is 9.84 Å². The van der Waals surface area contributed by atoms with Gasteiger partial charge in [0.2, 0.25) is 0 Å². The van der Waals surface area contributed by atoms with Crippen molar-refractivity contribution in [2.24, 2.45) is 0 Å². The van der Waals surface area contributed by atoms with E-state index in [9.17, 15) is 9.36 Å². The number of nitrogens with one attached hydrogen (secondary N) is 1.